The Morgan fingerprint density at radius 2 is 1.68 bits per heavy atom. The van der Waals surface area contributed by atoms with Gasteiger partial charge in [0, 0.05) is 12.5 Å². The number of carbonyl (C=O) groups excluding carboxylic acids is 3. The van der Waals surface area contributed by atoms with Crippen LogP contribution in [0.1, 0.15) is 18.4 Å². The van der Waals surface area contributed by atoms with Crippen LogP contribution in [0.15, 0.2) is 42.5 Å². The lowest BCUT2D eigenvalue weighted by Gasteiger charge is -2.14. The minimum absolute atomic E-state index is 0.0578. The highest BCUT2D eigenvalue weighted by Crippen LogP contribution is 2.29. The quantitative estimate of drug-likeness (QED) is 0.596. The molecule has 1 aliphatic rings. The predicted molar refractivity (Wildman–Crippen MR) is 113 cm³/mol. The van der Waals surface area contributed by atoms with Gasteiger partial charge in [0.25, 0.3) is 5.91 Å². The number of imide groups is 1. The topological polar surface area (TPSA) is 106 Å². The molecule has 31 heavy (non-hydrogen) atoms. The molecule has 0 unspecified atom stereocenters. The summed E-state index contributed by atoms with van der Waals surface area (Å²) in [5.74, 6) is 1.11. The molecule has 1 fully saturated rings. The van der Waals surface area contributed by atoms with Gasteiger partial charge in [0.1, 0.15) is 23.3 Å². The molecule has 0 aliphatic carbocycles. The molecule has 3 rings (SSSR count). The maximum absolute atomic E-state index is 12.6. The number of carbonyl (C=O) groups is 3. The molecule has 1 heterocycles. The Balaban J connectivity index is 1.55. The van der Waals surface area contributed by atoms with Crippen LogP contribution in [-0.4, -0.2) is 50.1 Å². The van der Waals surface area contributed by atoms with Crippen molar-refractivity contribution >= 4 is 23.5 Å². The maximum Gasteiger partial charge on any atom is 0.325 e. The zero-order chi connectivity index (χ0) is 22.4. The Bertz CT molecular complexity index is 960. The molecule has 2 aromatic carbocycles. The molecule has 9 nitrogen and oxygen atoms in total. The lowest BCUT2D eigenvalue weighted by Crippen LogP contribution is -2.31. The minimum atomic E-state index is -0.741. The van der Waals surface area contributed by atoms with Crippen molar-refractivity contribution in [3.63, 3.8) is 0 Å². The first kappa shape index (κ1) is 21.9. The van der Waals surface area contributed by atoms with Gasteiger partial charge in [-0.15, -0.1) is 0 Å². The van der Waals surface area contributed by atoms with Crippen LogP contribution in [0.4, 0.5) is 10.5 Å². The highest BCUT2D eigenvalue weighted by atomic mass is 16.5. The first-order valence-corrected chi connectivity index (χ1v) is 9.72. The van der Waals surface area contributed by atoms with E-state index in [0.717, 1.165) is 10.5 Å². The molecule has 0 bridgehead atoms. The van der Waals surface area contributed by atoms with E-state index in [4.69, 9.17) is 14.2 Å². The minimum Gasteiger partial charge on any atom is -0.497 e. The smallest absolute Gasteiger partial charge is 0.325 e. The zero-order valence-electron chi connectivity index (χ0n) is 17.6. The summed E-state index contributed by atoms with van der Waals surface area (Å²) in [5.41, 5.74) is 1.30. The van der Waals surface area contributed by atoms with Crippen LogP contribution in [0.25, 0.3) is 0 Å². The molecule has 9 heteroatoms. The molecule has 2 N–H and O–H groups in total. The Hall–Kier alpha value is -3.75. The van der Waals surface area contributed by atoms with Crippen molar-refractivity contribution in [1.82, 2.24) is 10.2 Å². The van der Waals surface area contributed by atoms with Crippen LogP contribution in [0.3, 0.4) is 0 Å². The lowest BCUT2D eigenvalue weighted by molar-refractivity contribution is -0.128. The summed E-state index contributed by atoms with van der Waals surface area (Å²) in [5, 5.41) is 5.40. The number of amides is 4. The molecule has 0 spiro atoms. The Morgan fingerprint density at radius 1 is 1.00 bits per heavy atom. The summed E-state index contributed by atoms with van der Waals surface area (Å²) in [6.07, 6.45) is 0.246. The maximum atomic E-state index is 12.6. The van der Waals surface area contributed by atoms with Crippen LogP contribution in [0.2, 0.25) is 0 Å². The number of nitrogens with zero attached hydrogens (tertiary/aromatic N) is 1. The first-order valence-electron chi connectivity index (χ1n) is 9.72. The van der Waals surface area contributed by atoms with Crippen molar-refractivity contribution in [1.29, 1.82) is 0 Å². The second kappa shape index (κ2) is 9.84. The van der Waals surface area contributed by atoms with Gasteiger partial charge < -0.3 is 24.8 Å². The van der Waals surface area contributed by atoms with Gasteiger partial charge in [-0.1, -0.05) is 12.1 Å². The van der Waals surface area contributed by atoms with Crippen LogP contribution in [0.5, 0.6) is 17.2 Å². The number of nitrogens with one attached hydrogen (secondary N) is 2. The standard InChI is InChI=1S/C22H25N3O6/c1-29-15-6-4-14(5-7-15)13-25-21(27)18(24-22(25)28)10-11-20(26)23-17-9-8-16(30-2)12-19(17)31-3/h4-9,12,18H,10-11,13H2,1-3H3,(H,23,26)(H,24,28)/t18-/m1/s1. The molecule has 1 aliphatic heterocycles. The van der Waals surface area contributed by atoms with E-state index in [9.17, 15) is 14.4 Å². The molecular weight excluding hydrogens is 402 g/mol. The molecule has 0 saturated carbocycles. The van der Waals surface area contributed by atoms with E-state index in [2.05, 4.69) is 10.6 Å². The van der Waals surface area contributed by atoms with Gasteiger partial charge in [0.05, 0.1) is 33.6 Å². The summed E-state index contributed by atoms with van der Waals surface area (Å²) in [6.45, 7) is 0.153. The van der Waals surface area contributed by atoms with Crippen LogP contribution < -0.4 is 24.8 Å². The number of anilines is 1. The van der Waals surface area contributed by atoms with Gasteiger partial charge >= 0.3 is 6.03 Å². The summed E-state index contributed by atoms with van der Waals surface area (Å²) in [4.78, 5) is 38.4. The van der Waals surface area contributed by atoms with Crippen molar-refractivity contribution in [3.05, 3.63) is 48.0 Å². The fraction of sp³-hybridized carbons (Fsp3) is 0.318. The molecule has 0 radical (unpaired) electrons. The summed E-state index contributed by atoms with van der Waals surface area (Å²) in [7, 11) is 4.60. The van der Waals surface area contributed by atoms with Crippen molar-refractivity contribution in [2.75, 3.05) is 26.6 Å². The van der Waals surface area contributed by atoms with Crippen molar-refractivity contribution in [2.45, 2.75) is 25.4 Å². The van der Waals surface area contributed by atoms with E-state index in [1.54, 1.807) is 49.6 Å². The summed E-state index contributed by atoms with van der Waals surface area (Å²) >= 11 is 0. The second-order valence-corrected chi connectivity index (χ2v) is 6.93. The lowest BCUT2D eigenvalue weighted by atomic mass is 10.1. The number of ether oxygens (including phenoxy) is 3. The van der Waals surface area contributed by atoms with Gasteiger partial charge in [-0.05, 0) is 36.2 Å². The third kappa shape index (κ3) is 5.25. The van der Waals surface area contributed by atoms with Gasteiger partial charge in [-0.2, -0.15) is 0 Å². The predicted octanol–water partition coefficient (Wildman–Crippen LogP) is 2.55. The van der Waals surface area contributed by atoms with Gasteiger partial charge in [-0.3, -0.25) is 14.5 Å². The van der Waals surface area contributed by atoms with E-state index in [-0.39, 0.29) is 31.2 Å². The molecule has 1 atom stereocenters. The molecule has 2 aromatic rings. The van der Waals surface area contributed by atoms with Crippen molar-refractivity contribution in [2.24, 2.45) is 0 Å². The number of hydrogen-bond acceptors (Lipinski definition) is 6. The number of urea groups is 1. The molecule has 1 saturated heterocycles. The van der Waals surface area contributed by atoms with E-state index in [1.165, 1.54) is 14.2 Å². The number of rotatable bonds is 9. The third-order valence-electron chi connectivity index (χ3n) is 4.95. The molecular formula is C22H25N3O6. The van der Waals surface area contributed by atoms with E-state index in [1.807, 2.05) is 0 Å². The van der Waals surface area contributed by atoms with E-state index >= 15 is 0 Å². The van der Waals surface area contributed by atoms with Gasteiger partial charge in [0.2, 0.25) is 5.91 Å². The SMILES string of the molecule is COc1ccc(CN2C(=O)N[C@H](CCC(=O)Nc3ccc(OC)cc3OC)C2=O)cc1. The average molecular weight is 427 g/mol. The first-order chi connectivity index (χ1) is 14.9. The van der Waals surface area contributed by atoms with Crippen molar-refractivity contribution < 1.29 is 28.6 Å². The van der Waals surface area contributed by atoms with E-state index < -0.39 is 12.1 Å². The fourth-order valence-electron chi connectivity index (χ4n) is 3.23. The number of hydrogen-bond donors (Lipinski definition) is 2. The molecule has 0 aromatic heterocycles. The Kier molecular flexibility index (Phi) is 6.96. The number of methoxy groups -OCH3 is 3. The third-order valence-corrected chi connectivity index (χ3v) is 4.95. The van der Waals surface area contributed by atoms with Gasteiger partial charge in [0.15, 0.2) is 0 Å². The molecule has 164 valence electrons. The largest absolute Gasteiger partial charge is 0.497 e. The zero-order valence-corrected chi connectivity index (χ0v) is 17.6. The second-order valence-electron chi connectivity index (χ2n) is 6.93. The number of benzene rings is 2. The highest BCUT2D eigenvalue weighted by molar-refractivity contribution is 6.04. The Morgan fingerprint density at radius 3 is 2.32 bits per heavy atom. The monoisotopic (exact) mass is 427 g/mol. The summed E-state index contributed by atoms with van der Waals surface area (Å²) in [6, 6.07) is 11.0. The normalized spacial score (nSPS) is 15.5. The average Bonchev–Trinajstić information content (AvgIpc) is 3.06. The molecule has 4 amide bonds. The Labute approximate surface area is 180 Å². The summed E-state index contributed by atoms with van der Waals surface area (Å²) < 4.78 is 15.5. The van der Waals surface area contributed by atoms with Crippen LogP contribution >= 0.6 is 0 Å². The highest BCUT2D eigenvalue weighted by Gasteiger charge is 2.37. The van der Waals surface area contributed by atoms with E-state index in [0.29, 0.717) is 22.9 Å². The van der Waals surface area contributed by atoms with Crippen molar-refractivity contribution in [3.8, 4) is 17.2 Å². The fourth-order valence-corrected chi connectivity index (χ4v) is 3.23. The van der Waals surface area contributed by atoms with Crippen LogP contribution in [-0.2, 0) is 16.1 Å². The van der Waals surface area contributed by atoms with Crippen LogP contribution in [0, 0.1) is 0 Å². The van der Waals surface area contributed by atoms with Gasteiger partial charge in [-0.25, -0.2) is 4.79 Å².